The van der Waals surface area contributed by atoms with E-state index in [4.69, 9.17) is 29.5 Å². The summed E-state index contributed by atoms with van der Waals surface area (Å²) in [7, 11) is -5.53. The Morgan fingerprint density at radius 1 is 0.867 bits per heavy atom. The first kappa shape index (κ1) is 17.5. The molecule has 0 heterocycles. The summed E-state index contributed by atoms with van der Waals surface area (Å²) in [5.41, 5.74) is 0. The smallest absolute Gasteiger partial charge is 0.428 e. The van der Waals surface area contributed by atoms with Crippen LogP contribution in [0, 0.1) is 0 Å². The van der Waals surface area contributed by atoms with E-state index in [2.05, 4.69) is 0 Å². The van der Waals surface area contributed by atoms with Crippen molar-refractivity contribution in [1.82, 2.24) is 0 Å². The first-order valence-corrected chi connectivity index (χ1v) is 7.44. The van der Waals surface area contributed by atoms with Crippen LogP contribution in [0.2, 0.25) is 18.1 Å². The van der Waals surface area contributed by atoms with E-state index in [1.54, 1.807) is 0 Å². The summed E-state index contributed by atoms with van der Waals surface area (Å²) < 4.78 is 5.14. The van der Waals surface area contributed by atoms with E-state index in [0.29, 0.717) is 0 Å². The van der Waals surface area contributed by atoms with Crippen LogP contribution in [0.25, 0.3) is 0 Å². The molecule has 0 aromatic heterocycles. The van der Waals surface area contributed by atoms with Gasteiger partial charge in [-0.25, -0.2) is 0 Å². The first-order valence-electron chi connectivity index (χ1n) is 4.91. The average molecular weight is 238 g/mol. The summed E-state index contributed by atoms with van der Waals surface area (Å²) >= 11 is 0. The number of hydrogen-bond donors (Lipinski definition) is 5. The van der Waals surface area contributed by atoms with Gasteiger partial charge < -0.3 is 29.5 Å². The van der Waals surface area contributed by atoms with Crippen molar-refractivity contribution < 1.29 is 29.5 Å². The zero-order valence-corrected chi connectivity index (χ0v) is 10.4. The lowest BCUT2D eigenvalue weighted by Gasteiger charge is -2.27. The van der Waals surface area contributed by atoms with Gasteiger partial charge in [0.1, 0.15) is 0 Å². The molecule has 0 saturated carbocycles. The van der Waals surface area contributed by atoms with Crippen molar-refractivity contribution in [2.75, 3.05) is 0 Å². The van der Waals surface area contributed by atoms with Gasteiger partial charge in [-0.3, -0.25) is 0 Å². The van der Waals surface area contributed by atoms with E-state index >= 15 is 0 Å². The Bertz CT molecular complexity index is 133. The van der Waals surface area contributed by atoms with Crippen molar-refractivity contribution >= 4 is 23.0 Å². The van der Waals surface area contributed by atoms with E-state index in [0.717, 1.165) is 18.1 Å². The van der Waals surface area contributed by atoms with Crippen LogP contribution in [0.4, 0.5) is 0 Å². The topological polar surface area (TPSA) is 110 Å². The average Bonchev–Trinajstić information content (AvgIpc) is 2.13. The highest BCUT2D eigenvalue weighted by Crippen LogP contribution is 2.21. The molecule has 0 amide bonds. The minimum Gasteiger partial charge on any atom is -0.428 e. The van der Waals surface area contributed by atoms with Gasteiger partial charge in [0.15, 0.2) is 8.32 Å². The summed E-state index contributed by atoms with van der Waals surface area (Å²) in [5.74, 6) is 0. The van der Waals surface area contributed by atoms with E-state index in [9.17, 15) is 0 Å². The fourth-order valence-corrected chi connectivity index (χ4v) is 3.67. The molecule has 0 bridgehead atoms. The fourth-order valence-electron chi connectivity index (χ4n) is 1.22. The molecule has 6 nitrogen and oxygen atoms in total. The van der Waals surface area contributed by atoms with Crippen LogP contribution in [0.1, 0.15) is 20.8 Å². The first-order chi connectivity index (χ1) is 6.83. The summed E-state index contributed by atoms with van der Waals surface area (Å²) in [6.07, 6.45) is 0. The third-order valence-corrected chi connectivity index (χ3v) is 6.87. The van der Waals surface area contributed by atoms with E-state index in [1.165, 1.54) is 0 Å². The molecular weight excluding hydrogens is 218 g/mol. The minimum absolute atomic E-state index is 0.942. The van der Waals surface area contributed by atoms with Gasteiger partial charge in [-0.05, 0) is 18.1 Å². The van der Waals surface area contributed by atoms with Gasteiger partial charge in [0.25, 0.3) is 0 Å². The van der Waals surface area contributed by atoms with Gasteiger partial charge in [0.05, 0.1) is 0 Å². The zero-order chi connectivity index (χ0) is 12.5. The molecule has 0 aliphatic carbocycles. The molecule has 5 N–H and O–H groups in total. The summed E-state index contributed by atoms with van der Waals surface area (Å²) in [6, 6.07) is 2.83. The summed E-state index contributed by atoms with van der Waals surface area (Å²) in [6.45, 7) is 6.13. The van der Waals surface area contributed by atoms with Gasteiger partial charge in [-0.1, -0.05) is 20.8 Å². The van der Waals surface area contributed by atoms with Gasteiger partial charge in [-0.2, -0.15) is 0 Å². The summed E-state index contributed by atoms with van der Waals surface area (Å²) in [4.78, 5) is 0. The molecule has 90 valence electrons. The Kier molecular flexibility index (Phi) is 10.9. The van der Waals surface area contributed by atoms with E-state index in [-0.39, 0.29) is 0 Å². The van der Waals surface area contributed by atoms with Crippen molar-refractivity contribution in [3.8, 4) is 0 Å². The lowest BCUT2D eigenvalue weighted by atomic mass is 10.3. The second kappa shape index (κ2) is 9.34. The van der Waals surface area contributed by atoms with Crippen molar-refractivity contribution in [1.29, 1.82) is 0 Å². The maximum absolute atomic E-state index is 8.65. The second-order valence-electron chi connectivity index (χ2n) is 3.03. The van der Waals surface area contributed by atoms with Crippen molar-refractivity contribution in [3.63, 3.8) is 0 Å². The molecule has 0 fully saturated rings. The Labute approximate surface area is 92.0 Å². The van der Waals surface area contributed by atoms with Gasteiger partial charge >= 0.3 is 14.6 Å². The normalized spacial score (nSPS) is 10.4. The van der Waals surface area contributed by atoms with Crippen molar-refractivity contribution in [2.24, 2.45) is 0 Å². The third kappa shape index (κ3) is 10.4. The van der Waals surface area contributed by atoms with Crippen LogP contribution in [-0.4, -0.2) is 48.1 Å². The Morgan fingerprint density at radius 3 is 1.20 bits per heavy atom. The van der Waals surface area contributed by atoms with Crippen LogP contribution in [0.15, 0.2) is 0 Å². The molecule has 0 aromatic carbocycles. The molecule has 0 rings (SSSR count). The fraction of sp³-hybridized carbons (Fsp3) is 1.00. The van der Waals surface area contributed by atoms with Crippen molar-refractivity contribution in [3.05, 3.63) is 0 Å². The summed E-state index contributed by atoms with van der Waals surface area (Å²) in [5, 5.41) is 38.8. The van der Waals surface area contributed by atoms with E-state index in [1.807, 2.05) is 20.8 Å². The van der Waals surface area contributed by atoms with Crippen LogP contribution in [-0.2, 0) is 4.34 Å². The van der Waals surface area contributed by atoms with Gasteiger partial charge in [0.2, 0.25) is 0 Å². The Morgan fingerprint density at radius 2 is 1.13 bits per heavy atom. The molecule has 0 aromatic rings. The molecule has 0 aliphatic rings. The van der Waals surface area contributed by atoms with Crippen LogP contribution in [0.5, 0.6) is 0 Å². The van der Waals surface area contributed by atoms with Crippen molar-refractivity contribution in [2.45, 2.75) is 38.9 Å². The lowest BCUT2D eigenvalue weighted by molar-refractivity contribution is 0.277. The van der Waals surface area contributed by atoms with Gasteiger partial charge in [-0.15, -0.1) is 0 Å². The Hall–Kier alpha value is 0.107. The number of hydrogen-bond acceptors (Lipinski definition) is 6. The van der Waals surface area contributed by atoms with Crippen LogP contribution < -0.4 is 0 Å². The molecule has 9 heteroatoms. The maximum Gasteiger partial charge on any atom is 0.631 e. The second-order valence-corrected chi connectivity index (χ2v) is 7.76. The molecule has 0 unspecified atom stereocenters. The van der Waals surface area contributed by atoms with Crippen LogP contribution in [0.3, 0.4) is 0 Å². The van der Waals surface area contributed by atoms with Gasteiger partial charge in [0, 0.05) is 0 Å². The largest absolute Gasteiger partial charge is 0.631 e. The predicted octanol–water partition coefficient (Wildman–Crippen LogP) is -1.07. The monoisotopic (exact) mass is 238 g/mol. The SMILES string of the molecule is CC[Si](CC)(CC)OB(O)O.OB(O)O. The highest BCUT2D eigenvalue weighted by atomic mass is 28.4. The lowest BCUT2D eigenvalue weighted by Crippen LogP contribution is -2.42. The Balaban J connectivity index is 0. The maximum atomic E-state index is 8.65. The number of rotatable bonds is 5. The highest BCUT2D eigenvalue weighted by molar-refractivity contribution is 6.77. The minimum atomic E-state index is -2.17. The standard InChI is InChI=1S/C6H17BO3Si.BH3O3/c1-4-11(5-2,6-3)10-7(8)9;2-1(3)4/h8-9H,4-6H2,1-3H3;2-4H. The molecule has 0 radical (unpaired) electrons. The van der Waals surface area contributed by atoms with E-state index < -0.39 is 23.0 Å². The third-order valence-electron chi connectivity index (χ3n) is 2.29. The predicted molar refractivity (Wildman–Crippen MR) is 60.9 cm³/mol. The molecule has 0 saturated heterocycles. The zero-order valence-electron chi connectivity index (χ0n) is 9.42. The molecule has 0 aliphatic heterocycles. The van der Waals surface area contributed by atoms with Crippen LogP contribution >= 0.6 is 0 Å². The molecule has 0 spiro atoms. The quantitative estimate of drug-likeness (QED) is 0.390. The molecule has 0 atom stereocenters. The highest BCUT2D eigenvalue weighted by Gasteiger charge is 2.32. The molecular formula is C6H20B2O6Si. The molecule has 15 heavy (non-hydrogen) atoms.